The molecule has 0 aliphatic carbocycles. The van der Waals surface area contributed by atoms with Gasteiger partial charge in [0.1, 0.15) is 0 Å². The molecule has 1 nitrogen and oxygen atoms in total. The van der Waals surface area contributed by atoms with Gasteiger partial charge in [0.15, 0.2) is 0 Å². The molecule has 0 radical (unpaired) electrons. The predicted octanol–water partition coefficient (Wildman–Crippen LogP) is 2.76. The Hall–Kier alpha value is -0.690. The monoisotopic (exact) mass is 144 g/mol. The Labute approximate surface area is 60.0 Å². The fourth-order valence-corrected chi connectivity index (χ4v) is 0.548. The number of hydrogen-bond acceptors (Lipinski definition) is 1. The smallest absolute Gasteiger partial charge is 0.0792 e. The lowest BCUT2D eigenvalue weighted by atomic mass is 10.4. The zero-order chi connectivity index (χ0) is 7.11. The summed E-state index contributed by atoms with van der Waals surface area (Å²) in [5.41, 5.74) is 0. The average molecular weight is 145 g/mol. The molecule has 1 N–H and O–H groups in total. The van der Waals surface area contributed by atoms with Crippen LogP contribution in [0.15, 0.2) is 35.6 Å². The number of halogens is 1. The van der Waals surface area contributed by atoms with E-state index < -0.39 is 0 Å². The first kappa shape index (κ1) is 8.31. The summed E-state index contributed by atoms with van der Waals surface area (Å²) >= 11 is 5.57. The van der Waals surface area contributed by atoms with Gasteiger partial charge in [0.2, 0.25) is 0 Å². The van der Waals surface area contributed by atoms with E-state index in [-0.39, 0.29) is 0 Å². The van der Waals surface area contributed by atoms with Crippen molar-refractivity contribution in [2.75, 3.05) is 0 Å². The van der Waals surface area contributed by atoms with Crippen LogP contribution < -0.4 is 0 Å². The Kier molecular flexibility index (Phi) is 5.03. The van der Waals surface area contributed by atoms with E-state index in [1.165, 1.54) is 6.08 Å². The largest absolute Gasteiger partial charge is 0.516 e. The van der Waals surface area contributed by atoms with Crippen LogP contribution in [0.25, 0.3) is 0 Å². The number of allylic oxidation sites excluding steroid dienone is 5. The first-order chi connectivity index (χ1) is 4.31. The van der Waals surface area contributed by atoms with Gasteiger partial charge in [-0.15, -0.1) is 0 Å². The molecule has 0 aromatic heterocycles. The number of aliphatic hydroxyl groups excluding tert-OH is 1. The summed E-state index contributed by atoms with van der Waals surface area (Å²) in [6.07, 6.45) is 7.56. The van der Waals surface area contributed by atoms with E-state index >= 15 is 0 Å². The van der Waals surface area contributed by atoms with Crippen molar-refractivity contribution < 1.29 is 5.11 Å². The van der Waals surface area contributed by atoms with Gasteiger partial charge in [0.05, 0.1) is 6.26 Å². The molecule has 0 aliphatic rings. The van der Waals surface area contributed by atoms with E-state index in [1.54, 1.807) is 12.2 Å². The maximum atomic E-state index is 8.18. The number of rotatable bonds is 2. The SMILES string of the molecule is C\C=C/C(Cl)=C\C=C\O. The van der Waals surface area contributed by atoms with Crippen LogP contribution in [0.5, 0.6) is 0 Å². The third kappa shape index (κ3) is 5.18. The molecule has 0 saturated carbocycles. The van der Waals surface area contributed by atoms with Crippen LogP contribution in [0, 0.1) is 0 Å². The molecule has 0 rings (SSSR count). The van der Waals surface area contributed by atoms with Crippen LogP contribution >= 0.6 is 11.6 Å². The number of aliphatic hydroxyl groups is 1. The zero-order valence-electron chi connectivity index (χ0n) is 5.21. The summed E-state index contributed by atoms with van der Waals surface area (Å²) in [7, 11) is 0. The molecule has 2 heteroatoms. The third-order valence-corrected chi connectivity index (χ3v) is 0.919. The highest BCUT2D eigenvalue weighted by Gasteiger charge is 1.76. The van der Waals surface area contributed by atoms with Crippen molar-refractivity contribution in [1.82, 2.24) is 0 Å². The summed E-state index contributed by atoms with van der Waals surface area (Å²) in [6, 6.07) is 0. The van der Waals surface area contributed by atoms with Gasteiger partial charge in [-0.3, -0.25) is 0 Å². The van der Waals surface area contributed by atoms with Crippen LogP contribution in [0.1, 0.15) is 6.92 Å². The molecule has 0 bridgehead atoms. The van der Waals surface area contributed by atoms with Gasteiger partial charge in [0, 0.05) is 5.03 Å². The molecule has 0 aliphatic heterocycles. The number of hydrogen-bond donors (Lipinski definition) is 1. The first-order valence-electron chi connectivity index (χ1n) is 2.60. The quantitative estimate of drug-likeness (QED) is 0.467. The molecule has 0 atom stereocenters. The van der Waals surface area contributed by atoms with Gasteiger partial charge in [-0.2, -0.15) is 0 Å². The fourth-order valence-electron chi connectivity index (χ4n) is 0.350. The fraction of sp³-hybridized carbons (Fsp3) is 0.143. The minimum absolute atomic E-state index is 0.600. The van der Waals surface area contributed by atoms with Crippen LogP contribution in [-0.2, 0) is 0 Å². The summed E-state index contributed by atoms with van der Waals surface area (Å²) in [5, 5.41) is 8.78. The Morgan fingerprint density at radius 1 is 1.56 bits per heavy atom. The summed E-state index contributed by atoms with van der Waals surface area (Å²) in [6.45, 7) is 1.87. The molecule has 0 fully saturated rings. The zero-order valence-corrected chi connectivity index (χ0v) is 5.97. The lowest BCUT2D eigenvalue weighted by Crippen LogP contribution is -1.59. The molecule has 50 valence electrons. The molecule has 0 aromatic carbocycles. The van der Waals surface area contributed by atoms with Crippen molar-refractivity contribution >= 4 is 11.6 Å². The molecule has 0 heterocycles. The molecule has 0 unspecified atom stereocenters. The second kappa shape index (κ2) is 5.45. The minimum Gasteiger partial charge on any atom is -0.516 e. The highest BCUT2D eigenvalue weighted by molar-refractivity contribution is 6.31. The normalized spacial score (nSPS) is 13.8. The van der Waals surface area contributed by atoms with Crippen molar-refractivity contribution in [3.63, 3.8) is 0 Å². The maximum absolute atomic E-state index is 8.18. The summed E-state index contributed by atoms with van der Waals surface area (Å²) < 4.78 is 0. The van der Waals surface area contributed by atoms with Gasteiger partial charge in [-0.25, -0.2) is 0 Å². The van der Waals surface area contributed by atoms with Gasteiger partial charge >= 0.3 is 0 Å². The Bertz CT molecular complexity index is 145. The summed E-state index contributed by atoms with van der Waals surface area (Å²) in [5.74, 6) is 0. The van der Waals surface area contributed by atoms with E-state index in [0.717, 1.165) is 6.26 Å². The lowest BCUT2D eigenvalue weighted by Gasteiger charge is -1.80. The second-order valence-electron chi connectivity index (χ2n) is 1.39. The summed E-state index contributed by atoms with van der Waals surface area (Å²) in [4.78, 5) is 0. The van der Waals surface area contributed by atoms with E-state index in [1.807, 2.05) is 13.0 Å². The maximum Gasteiger partial charge on any atom is 0.0792 e. The predicted molar refractivity (Wildman–Crippen MR) is 40.5 cm³/mol. The Morgan fingerprint density at radius 2 is 2.22 bits per heavy atom. The highest BCUT2D eigenvalue weighted by atomic mass is 35.5. The van der Waals surface area contributed by atoms with Crippen LogP contribution in [0.2, 0.25) is 0 Å². The molecule has 0 aromatic rings. The third-order valence-electron chi connectivity index (χ3n) is 0.667. The van der Waals surface area contributed by atoms with Gasteiger partial charge in [0.25, 0.3) is 0 Å². The Morgan fingerprint density at radius 3 is 2.67 bits per heavy atom. The molecule has 0 spiro atoms. The first-order valence-corrected chi connectivity index (χ1v) is 2.98. The van der Waals surface area contributed by atoms with Crippen molar-refractivity contribution in [1.29, 1.82) is 0 Å². The highest BCUT2D eigenvalue weighted by Crippen LogP contribution is 2.01. The molecule has 0 amide bonds. The molecular formula is C7H9ClO. The molecular weight excluding hydrogens is 136 g/mol. The van der Waals surface area contributed by atoms with Gasteiger partial charge in [-0.05, 0) is 25.2 Å². The second-order valence-corrected chi connectivity index (χ2v) is 1.83. The van der Waals surface area contributed by atoms with Crippen molar-refractivity contribution in [3.8, 4) is 0 Å². The van der Waals surface area contributed by atoms with Crippen LogP contribution in [-0.4, -0.2) is 5.11 Å². The Balaban J connectivity index is 3.84. The van der Waals surface area contributed by atoms with Crippen LogP contribution in [0.3, 0.4) is 0 Å². The van der Waals surface area contributed by atoms with E-state index in [4.69, 9.17) is 16.7 Å². The van der Waals surface area contributed by atoms with Gasteiger partial charge in [-0.1, -0.05) is 17.7 Å². The standard InChI is InChI=1S/C7H9ClO/c1-2-4-7(8)5-3-6-9/h2-6,9H,1H3/b4-2-,6-3+,7-5+. The van der Waals surface area contributed by atoms with E-state index in [0.29, 0.717) is 5.03 Å². The minimum atomic E-state index is 0.600. The molecule has 0 saturated heterocycles. The average Bonchev–Trinajstić information content (AvgIpc) is 1.85. The lowest BCUT2D eigenvalue weighted by molar-refractivity contribution is 0.473. The van der Waals surface area contributed by atoms with Gasteiger partial charge < -0.3 is 5.11 Å². The van der Waals surface area contributed by atoms with Crippen molar-refractivity contribution in [3.05, 3.63) is 35.6 Å². The van der Waals surface area contributed by atoms with E-state index in [2.05, 4.69) is 0 Å². The van der Waals surface area contributed by atoms with Crippen LogP contribution in [0.4, 0.5) is 0 Å². The van der Waals surface area contributed by atoms with E-state index in [9.17, 15) is 0 Å². The van der Waals surface area contributed by atoms with Crippen molar-refractivity contribution in [2.45, 2.75) is 6.92 Å². The van der Waals surface area contributed by atoms with Crippen molar-refractivity contribution in [2.24, 2.45) is 0 Å². The topological polar surface area (TPSA) is 20.2 Å². The molecule has 9 heavy (non-hydrogen) atoms.